The molecule has 4 heterocycles. The summed E-state index contributed by atoms with van der Waals surface area (Å²) in [5, 5.41) is 0.889. The van der Waals surface area contributed by atoms with Gasteiger partial charge in [0.2, 0.25) is 0 Å². The lowest BCUT2D eigenvalue weighted by Gasteiger charge is -2.31. The highest BCUT2D eigenvalue weighted by molar-refractivity contribution is 7.12. The first-order valence-corrected chi connectivity index (χ1v) is 11.2. The lowest BCUT2D eigenvalue weighted by atomic mass is 9.91. The van der Waals surface area contributed by atoms with E-state index in [0.29, 0.717) is 30.4 Å². The van der Waals surface area contributed by atoms with E-state index in [0.717, 1.165) is 48.1 Å². The number of amides is 1. The van der Waals surface area contributed by atoms with E-state index in [9.17, 15) is 4.79 Å². The van der Waals surface area contributed by atoms with E-state index in [1.165, 1.54) is 22.5 Å². The van der Waals surface area contributed by atoms with Crippen LogP contribution in [-0.4, -0.2) is 49.3 Å². The number of carbonyl (C=O) groups is 1. The second kappa shape index (κ2) is 8.85. The van der Waals surface area contributed by atoms with Gasteiger partial charge in [-0.3, -0.25) is 4.79 Å². The van der Waals surface area contributed by atoms with Crippen LogP contribution in [0.2, 0.25) is 0 Å². The third-order valence-corrected chi connectivity index (χ3v) is 6.81. The van der Waals surface area contributed by atoms with Crippen LogP contribution < -0.4 is 21.4 Å². The lowest BCUT2D eigenvalue weighted by molar-refractivity contribution is -0.0158. The fourth-order valence-corrected chi connectivity index (χ4v) is 4.96. The normalized spacial score (nSPS) is 24.0. The van der Waals surface area contributed by atoms with Crippen molar-refractivity contribution in [2.24, 2.45) is 10.7 Å². The molecule has 0 aromatic carbocycles. The molecule has 1 amide bonds. The van der Waals surface area contributed by atoms with E-state index in [1.54, 1.807) is 0 Å². The molecule has 1 unspecified atom stereocenters. The van der Waals surface area contributed by atoms with Gasteiger partial charge in [-0.2, -0.15) is 0 Å². The maximum Gasteiger partial charge on any atom is 0.260 e. The van der Waals surface area contributed by atoms with Crippen molar-refractivity contribution in [3.63, 3.8) is 0 Å². The van der Waals surface area contributed by atoms with Crippen molar-refractivity contribution in [3.05, 3.63) is 26.2 Å². The Balaban J connectivity index is 0.00000117. The van der Waals surface area contributed by atoms with Gasteiger partial charge in [0.15, 0.2) is 0 Å². The molecule has 1 aromatic heterocycles. The molecule has 7 nitrogen and oxygen atoms in total. The fraction of sp³-hybridized carbons (Fsp3) is 0.619. The van der Waals surface area contributed by atoms with Crippen molar-refractivity contribution >= 4 is 28.5 Å². The van der Waals surface area contributed by atoms with Gasteiger partial charge in [-0.1, -0.05) is 26.3 Å². The number of nitrogens with zero attached hydrogens (tertiary/aromatic N) is 2. The predicted octanol–water partition coefficient (Wildman–Crippen LogP) is 1.76. The Bertz CT molecular complexity index is 930. The van der Waals surface area contributed by atoms with Crippen LogP contribution in [0.15, 0.2) is 16.4 Å². The van der Waals surface area contributed by atoms with Crippen LogP contribution in [0, 0.1) is 0 Å². The second-order valence-electron chi connectivity index (χ2n) is 7.58. The summed E-state index contributed by atoms with van der Waals surface area (Å²) in [5.41, 5.74) is 14.5. The van der Waals surface area contributed by atoms with E-state index in [1.807, 2.05) is 13.8 Å². The largest absolute Gasteiger partial charge is 0.397 e. The Hall–Kier alpha value is -1.90. The number of fused-ring (bicyclic) bond motifs is 3. The van der Waals surface area contributed by atoms with Crippen LogP contribution in [0.5, 0.6) is 0 Å². The Morgan fingerprint density at radius 3 is 2.59 bits per heavy atom. The van der Waals surface area contributed by atoms with E-state index in [-0.39, 0.29) is 5.60 Å². The Morgan fingerprint density at radius 2 is 1.97 bits per heavy atom. The van der Waals surface area contributed by atoms with Crippen molar-refractivity contribution in [2.45, 2.75) is 52.6 Å². The minimum atomic E-state index is -0.498. The summed E-state index contributed by atoms with van der Waals surface area (Å²) in [4.78, 5) is 19.5. The molecule has 160 valence electrons. The molecule has 1 aromatic rings. The van der Waals surface area contributed by atoms with Crippen molar-refractivity contribution in [1.82, 2.24) is 4.90 Å². The molecule has 4 N–H and O–H groups in total. The van der Waals surface area contributed by atoms with Crippen LogP contribution in [0.4, 0.5) is 5.69 Å². The number of nitrogens with two attached hydrogens (primary N) is 2. The predicted molar refractivity (Wildman–Crippen MR) is 116 cm³/mol. The summed E-state index contributed by atoms with van der Waals surface area (Å²) in [6.45, 7) is 11.8. The number of anilines is 1. The first-order valence-electron chi connectivity index (χ1n) is 10.4. The van der Waals surface area contributed by atoms with Gasteiger partial charge in [-0.25, -0.2) is 4.99 Å². The molecule has 1 atom stereocenters. The zero-order valence-electron chi connectivity index (χ0n) is 17.8. The molecule has 3 aliphatic heterocycles. The third kappa shape index (κ3) is 4.20. The molecular weight excluding hydrogens is 388 g/mol. The molecule has 2 fully saturated rings. The zero-order chi connectivity index (χ0) is 21.2. The summed E-state index contributed by atoms with van der Waals surface area (Å²) in [7, 11) is 0. The van der Waals surface area contributed by atoms with Gasteiger partial charge in [0.25, 0.3) is 5.91 Å². The molecule has 0 saturated carbocycles. The smallest absolute Gasteiger partial charge is 0.260 e. The SMILES string of the molecule is CC.CCC1(C)CC2=c3c(N)c(C(N)=O)sc3=NC(N3CCOCC3)=C(CO1)C2. The fourth-order valence-electron chi connectivity index (χ4n) is 3.96. The molecule has 4 rings (SSSR count). The van der Waals surface area contributed by atoms with E-state index >= 15 is 0 Å². The lowest BCUT2D eigenvalue weighted by Crippen LogP contribution is -2.37. The number of carbonyl (C=O) groups excluding carboxylic acids is 1. The highest BCUT2D eigenvalue weighted by Gasteiger charge is 2.33. The molecule has 0 aliphatic carbocycles. The average Bonchev–Trinajstić information content (AvgIpc) is 2.87. The Morgan fingerprint density at radius 1 is 1.28 bits per heavy atom. The standard InChI is InChI=1S/C19H26N4O3S.C2H6/c1-3-19(2)9-11-8-12(10-26-19)17(23-4-6-25-7-5-23)22-18-13(11)14(20)15(27-18)16(21)24;1-2/h3-10,20H2,1-2H3,(H2,21,24);1-2H3. The number of morpholine rings is 1. The van der Waals surface area contributed by atoms with Crippen LogP contribution in [0.3, 0.4) is 0 Å². The number of nitrogen functional groups attached to an aromatic ring is 1. The van der Waals surface area contributed by atoms with Crippen LogP contribution in [0.25, 0.3) is 5.57 Å². The minimum Gasteiger partial charge on any atom is -0.397 e. The first-order chi connectivity index (χ1) is 13.9. The summed E-state index contributed by atoms with van der Waals surface area (Å²) in [6.07, 6.45) is 2.43. The highest BCUT2D eigenvalue weighted by atomic mass is 32.1. The minimum absolute atomic E-state index is 0.261. The number of thiophene rings is 1. The van der Waals surface area contributed by atoms with Crippen molar-refractivity contribution < 1.29 is 14.3 Å². The first kappa shape index (κ1) is 21.8. The topological polar surface area (TPSA) is 103 Å². The molecule has 2 saturated heterocycles. The van der Waals surface area contributed by atoms with Gasteiger partial charge in [0.05, 0.1) is 31.1 Å². The molecular formula is C21H32N4O3S. The summed E-state index contributed by atoms with van der Waals surface area (Å²) >= 11 is 1.29. The molecule has 3 aliphatic rings. The third-order valence-electron chi connectivity index (χ3n) is 5.70. The van der Waals surface area contributed by atoms with Crippen molar-refractivity contribution in [1.29, 1.82) is 0 Å². The van der Waals surface area contributed by atoms with Gasteiger partial charge in [-0.05, 0) is 26.2 Å². The van der Waals surface area contributed by atoms with Crippen molar-refractivity contribution in [2.75, 3.05) is 38.6 Å². The van der Waals surface area contributed by atoms with Gasteiger partial charge < -0.3 is 25.8 Å². The number of hydrogen-bond acceptors (Lipinski definition) is 7. The number of hydrogen-bond donors (Lipinski definition) is 2. The Labute approximate surface area is 176 Å². The second-order valence-corrected chi connectivity index (χ2v) is 8.58. The maximum atomic E-state index is 11.9. The van der Waals surface area contributed by atoms with Gasteiger partial charge in [0.1, 0.15) is 15.4 Å². The molecule has 0 spiro atoms. The quantitative estimate of drug-likeness (QED) is 0.776. The molecule has 29 heavy (non-hydrogen) atoms. The Kier molecular flexibility index (Phi) is 6.65. The van der Waals surface area contributed by atoms with Gasteiger partial charge >= 0.3 is 0 Å². The molecule has 2 bridgehead atoms. The summed E-state index contributed by atoms with van der Waals surface area (Å²) < 4.78 is 12.6. The van der Waals surface area contributed by atoms with Gasteiger partial charge in [0, 0.05) is 23.9 Å². The summed E-state index contributed by atoms with van der Waals surface area (Å²) in [6, 6.07) is 0. The number of primary amides is 1. The highest BCUT2D eigenvalue weighted by Crippen LogP contribution is 2.36. The van der Waals surface area contributed by atoms with Crippen LogP contribution in [0.1, 0.15) is 56.6 Å². The number of ether oxygens (including phenoxy) is 2. The molecule has 8 heteroatoms. The van der Waals surface area contributed by atoms with Crippen LogP contribution in [-0.2, 0) is 9.47 Å². The summed E-state index contributed by atoms with van der Waals surface area (Å²) in [5.74, 6) is 0.439. The number of rotatable bonds is 3. The van der Waals surface area contributed by atoms with Crippen molar-refractivity contribution in [3.8, 4) is 0 Å². The van der Waals surface area contributed by atoms with E-state index in [2.05, 4.69) is 18.7 Å². The maximum absolute atomic E-state index is 11.9. The average molecular weight is 421 g/mol. The molecule has 0 radical (unpaired) electrons. The van der Waals surface area contributed by atoms with Crippen LogP contribution >= 0.6 is 11.3 Å². The monoisotopic (exact) mass is 420 g/mol. The van der Waals surface area contributed by atoms with E-state index < -0.39 is 5.91 Å². The zero-order valence-corrected chi connectivity index (χ0v) is 18.7. The van der Waals surface area contributed by atoms with E-state index in [4.69, 9.17) is 25.9 Å². The van der Waals surface area contributed by atoms with Gasteiger partial charge in [-0.15, -0.1) is 11.3 Å².